The van der Waals surface area contributed by atoms with Gasteiger partial charge in [-0.2, -0.15) is 5.26 Å². The number of ether oxygens (including phenoxy) is 1. The molecule has 6 heteroatoms. The second-order valence-corrected chi connectivity index (χ2v) is 4.54. The van der Waals surface area contributed by atoms with Crippen molar-refractivity contribution in [3.05, 3.63) is 0 Å². The summed E-state index contributed by atoms with van der Waals surface area (Å²) in [5.74, 6) is -0.0585. The number of carbonyl (C=O) groups excluding carboxylic acids is 2. The highest BCUT2D eigenvalue weighted by atomic mass is 16.6. The lowest BCUT2D eigenvalue weighted by Crippen LogP contribution is -2.40. The maximum Gasteiger partial charge on any atom is 0.405 e. The predicted octanol–water partition coefficient (Wildman–Crippen LogP) is 1.06. The number of hydrogen-bond donors (Lipinski definition) is 2. The molecular weight excluding hydrogens is 234 g/mol. The molecule has 1 unspecified atom stereocenters. The van der Waals surface area contributed by atoms with E-state index in [9.17, 15) is 9.59 Å². The number of rotatable bonds is 5. The molecule has 0 spiro atoms. The normalized spacial score (nSPS) is 17.5. The number of nitrogens with two attached hydrogens (primary N) is 1. The molecule has 0 aromatic carbocycles. The van der Waals surface area contributed by atoms with Crippen LogP contribution < -0.4 is 11.1 Å². The molecule has 18 heavy (non-hydrogen) atoms. The number of amides is 2. The topological polar surface area (TPSA) is 105 Å². The number of hydrogen-bond acceptors (Lipinski definition) is 4. The van der Waals surface area contributed by atoms with Crippen molar-refractivity contribution >= 4 is 12.0 Å². The monoisotopic (exact) mass is 253 g/mol. The van der Waals surface area contributed by atoms with Gasteiger partial charge in [-0.3, -0.25) is 4.79 Å². The van der Waals surface area contributed by atoms with Crippen molar-refractivity contribution in [3.63, 3.8) is 0 Å². The van der Waals surface area contributed by atoms with E-state index in [4.69, 9.17) is 15.7 Å². The molecule has 100 valence electrons. The fourth-order valence-electron chi connectivity index (χ4n) is 2.31. The quantitative estimate of drug-likeness (QED) is 0.714. The Morgan fingerprint density at radius 3 is 2.61 bits per heavy atom. The van der Waals surface area contributed by atoms with Crippen molar-refractivity contribution in [2.45, 2.75) is 44.6 Å². The standard InChI is InChI=1S/C12H19N3O3/c13-6-7-15-11(16)10(18-12(14)17)8-9-4-2-1-3-5-9/h9-10H,1-5,7-8H2,(H2,14,17)(H,15,16). The van der Waals surface area contributed by atoms with Crippen LogP contribution in [0.3, 0.4) is 0 Å². The summed E-state index contributed by atoms with van der Waals surface area (Å²) in [6, 6.07) is 1.81. The van der Waals surface area contributed by atoms with E-state index in [0.29, 0.717) is 12.3 Å². The second-order valence-electron chi connectivity index (χ2n) is 4.54. The van der Waals surface area contributed by atoms with Gasteiger partial charge in [0.15, 0.2) is 6.10 Å². The van der Waals surface area contributed by atoms with Gasteiger partial charge in [-0.1, -0.05) is 32.1 Å². The highest BCUT2D eigenvalue weighted by Crippen LogP contribution is 2.28. The number of nitrogens with one attached hydrogen (secondary N) is 1. The molecule has 0 heterocycles. The lowest BCUT2D eigenvalue weighted by molar-refractivity contribution is -0.130. The van der Waals surface area contributed by atoms with E-state index < -0.39 is 18.1 Å². The maximum absolute atomic E-state index is 11.7. The van der Waals surface area contributed by atoms with Gasteiger partial charge in [-0.05, 0) is 12.3 Å². The lowest BCUT2D eigenvalue weighted by Gasteiger charge is -2.25. The van der Waals surface area contributed by atoms with E-state index in [2.05, 4.69) is 5.32 Å². The van der Waals surface area contributed by atoms with E-state index >= 15 is 0 Å². The number of primary amides is 1. The third-order valence-corrected chi connectivity index (χ3v) is 3.16. The van der Waals surface area contributed by atoms with Gasteiger partial charge in [0.2, 0.25) is 0 Å². The van der Waals surface area contributed by atoms with Crippen molar-refractivity contribution in [2.24, 2.45) is 11.7 Å². The van der Waals surface area contributed by atoms with E-state index in [1.807, 2.05) is 0 Å². The summed E-state index contributed by atoms with van der Waals surface area (Å²) in [6.07, 6.45) is 4.26. The maximum atomic E-state index is 11.7. The van der Waals surface area contributed by atoms with Crippen LogP contribution in [0.5, 0.6) is 0 Å². The average molecular weight is 253 g/mol. The summed E-state index contributed by atoms with van der Waals surface area (Å²) >= 11 is 0. The van der Waals surface area contributed by atoms with E-state index in [1.165, 1.54) is 6.42 Å². The largest absolute Gasteiger partial charge is 0.436 e. The van der Waals surface area contributed by atoms with Crippen molar-refractivity contribution in [1.29, 1.82) is 5.26 Å². The van der Waals surface area contributed by atoms with Gasteiger partial charge in [0.05, 0.1) is 6.07 Å². The summed E-state index contributed by atoms with van der Waals surface area (Å²) in [7, 11) is 0. The minimum absolute atomic E-state index is 0.0951. The average Bonchev–Trinajstić information content (AvgIpc) is 2.36. The van der Waals surface area contributed by atoms with Crippen molar-refractivity contribution in [3.8, 4) is 6.07 Å². The molecule has 0 aromatic heterocycles. The van der Waals surface area contributed by atoms with Crippen molar-refractivity contribution in [1.82, 2.24) is 5.32 Å². The molecule has 1 fully saturated rings. The molecule has 3 N–H and O–H groups in total. The molecular formula is C12H19N3O3. The zero-order valence-electron chi connectivity index (χ0n) is 10.4. The summed E-state index contributed by atoms with van der Waals surface area (Å²) < 4.78 is 4.83. The molecule has 6 nitrogen and oxygen atoms in total. The highest BCUT2D eigenvalue weighted by Gasteiger charge is 2.26. The Balaban J connectivity index is 2.50. The van der Waals surface area contributed by atoms with Crippen molar-refractivity contribution in [2.75, 3.05) is 6.54 Å². The van der Waals surface area contributed by atoms with Crippen LogP contribution in [0.2, 0.25) is 0 Å². The minimum Gasteiger partial charge on any atom is -0.436 e. The zero-order valence-corrected chi connectivity index (χ0v) is 10.4. The van der Waals surface area contributed by atoms with Gasteiger partial charge in [0.25, 0.3) is 5.91 Å². The first-order chi connectivity index (χ1) is 8.63. The Kier molecular flexibility index (Phi) is 5.98. The first-order valence-electron chi connectivity index (χ1n) is 6.24. The SMILES string of the molecule is N#CCNC(=O)C(CC1CCCCC1)OC(N)=O. The van der Waals surface area contributed by atoms with E-state index in [0.717, 1.165) is 25.7 Å². The van der Waals surface area contributed by atoms with Crippen LogP contribution in [0.4, 0.5) is 4.79 Å². The highest BCUT2D eigenvalue weighted by molar-refractivity contribution is 5.83. The first kappa shape index (κ1) is 14.3. The Bertz CT molecular complexity index is 332. The summed E-state index contributed by atoms with van der Waals surface area (Å²) in [6.45, 7) is -0.0951. The molecule has 1 atom stereocenters. The van der Waals surface area contributed by atoms with Crippen LogP contribution in [-0.4, -0.2) is 24.6 Å². The third kappa shape index (κ3) is 5.04. The van der Waals surface area contributed by atoms with Crippen molar-refractivity contribution < 1.29 is 14.3 Å². The van der Waals surface area contributed by atoms with Crippen LogP contribution in [0, 0.1) is 17.2 Å². The van der Waals surface area contributed by atoms with Gasteiger partial charge in [0, 0.05) is 0 Å². The van der Waals surface area contributed by atoms with Crippen LogP contribution in [-0.2, 0) is 9.53 Å². The van der Waals surface area contributed by atoms with Crippen LogP contribution in [0.15, 0.2) is 0 Å². The number of nitriles is 1. The number of carbonyl (C=O) groups is 2. The van der Waals surface area contributed by atoms with Gasteiger partial charge >= 0.3 is 6.09 Å². The zero-order chi connectivity index (χ0) is 13.4. The lowest BCUT2D eigenvalue weighted by atomic mass is 9.85. The molecule has 1 aliphatic rings. The predicted molar refractivity (Wildman–Crippen MR) is 64.3 cm³/mol. The Morgan fingerprint density at radius 1 is 1.39 bits per heavy atom. The minimum atomic E-state index is -0.956. The van der Waals surface area contributed by atoms with E-state index in [1.54, 1.807) is 6.07 Å². The molecule has 0 bridgehead atoms. The molecule has 0 aromatic rings. The van der Waals surface area contributed by atoms with Gasteiger partial charge in [0.1, 0.15) is 6.54 Å². The van der Waals surface area contributed by atoms with E-state index in [-0.39, 0.29) is 6.54 Å². The van der Waals surface area contributed by atoms with Gasteiger partial charge in [-0.25, -0.2) is 4.79 Å². The molecule has 0 aliphatic heterocycles. The Labute approximate surface area is 106 Å². The number of nitrogens with zero attached hydrogens (tertiary/aromatic N) is 1. The Hall–Kier alpha value is -1.77. The third-order valence-electron chi connectivity index (χ3n) is 3.16. The molecule has 0 radical (unpaired) electrons. The fourth-order valence-corrected chi connectivity index (χ4v) is 2.31. The molecule has 1 saturated carbocycles. The van der Waals surface area contributed by atoms with Crippen LogP contribution >= 0.6 is 0 Å². The Morgan fingerprint density at radius 2 is 2.06 bits per heavy atom. The summed E-state index contributed by atoms with van der Waals surface area (Å²) in [5, 5.41) is 10.8. The summed E-state index contributed by atoms with van der Waals surface area (Å²) in [5.41, 5.74) is 4.96. The fraction of sp³-hybridized carbons (Fsp3) is 0.750. The second kappa shape index (κ2) is 7.54. The van der Waals surface area contributed by atoms with Gasteiger partial charge < -0.3 is 15.8 Å². The smallest absolute Gasteiger partial charge is 0.405 e. The van der Waals surface area contributed by atoms with Crippen LogP contribution in [0.1, 0.15) is 38.5 Å². The summed E-state index contributed by atoms with van der Waals surface area (Å²) in [4.78, 5) is 22.5. The van der Waals surface area contributed by atoms with Gasteiger partial charge in [-0.15, -0.1) is 0 Å². The first-order valence-corrected chi connectivity index (χ1v) is 6.24. The molecule has 1 rings (SSSR count). The molecule has 1 aliphatic carbocycles. The van der Waals surface area contributed by atoms with Crippen LogP contribution in [0.25, 0.3) is 0 Å². The molecule has 2 amide bonds. The molecule has 0 saturated heterocycles.